The number of phenolic OH excluding ortho intramolecular Hbond substituents is 19. The molecule has 0 saturated carbocycles. The molecule has 0 aliphatic heterocycles. The van der Waals surface area contributed by atoms with Crippen LogP contribution < -0.4 is 14.2 Å². The molecule has 0 bridgehead atoms. The molecule has 20 N–H and O–H groups in total. The maximum atomic E-state index is 10.8. The van der Waals surface area contributed by atoms with Crippen LogP contribution in [-0.4, -0.2) is 122 Å². The Kier molecular flexibility index (Phi) is 47.2. The van der Waals surface area contributed by atoms with Gasteiger partial charge in [-0.2, -0.15) is 0 Å². The summed E-state index contributed by atoms with van der Waals surface area (Å²) in [5.41, 5.74) is 24.7. The topological polar surface area (TPSA) is 432 Å². The molecule has 0 spiro atoms. The van der Waals surface area contributed by atoms with E-state index in [0.29, 0.717) is 107 Å². The molecule has 0 fully saturated rings. The zero-order chi connectivity index (χ0) is 111. The second-order valence-electron chi connectivity index (χ2n) is 37.5. The maximum absolute atomic E-state index is 10.8. The second kappa shape index (κ2) is 59.2. The van der Waals surface area contributed by atoms with Crippen molar-refractivity contribution in [1.82, 2.24) is 0 Å². The molecule has 150 heavy (non-hydrogen) atoms. The summed E-state index contributed by atoms with van der Waals surface area (Å²) >= 11 is 0. The van der Waals surface area contributed by atoms with Crippen LogP contribution in [0.5, 0.6) is 126 Å². The third kappa shape index (κ3) is 40.5. The van der Waals surface area contributed by atoms with E-state index >= 15 is 0 Å². The van der Waals surface area contributed by atoms with Crippen LogP contribution in [-0.2, 0) is 45.1 Å². The average Bonchev–Trinajstić information content (AvgIpc) is 0.809. The second-order valence-corrected chi connectivity index (χ2v) is 37.5. The van der Waals surface area contributed by atoms with Crippen molar-refractivity contribution in [3.63, 3.8) is 0 Å². The van der Waals surface area contributed by atoms with Gasteiger partial charge in [0.25, 0.3) is 0 Å². The van der Waals surface area contributed by atoms with Gasteiger partial charge in [0.05, 0.1) is 13.7 Å². The van der Waals surface area contributed by atoms with Crippen molar-refractivity contribution in [2.45, 2.75) is 163 Å². The molecule has 0 radical (unpaired) electrons. The lowest BCUT2D eigenvalue weighted by Crippen LogP contribution is -2.00. The van der Waals surface area contributed by atoms with Crippen LogP contribution in [0.1, 0.15) is 222 Å². The number of aliphatic hydroxyl groups excluding tert-OH is 1. The van der Waals surface area contributed by atoms with Gasteiger partial charge in [0.2, 0.25) is 0 Å². The molecule has 12 rings (SSSR count). The van der Waals surface area contributed by atoms with E-state index in [0.717, 1.165) is 101 Å². The summed E-state index contributed by atoms with van der Waals surface area (Å²) in [5, 5.41) is 195. The van der Waals surface area contributed by atoms with Crippen LogP contribution in [0.25, 0.3) is 72.9 Å². The predicted octanol–water partition coefficient (Wildman–Crippen LogP) is 29.1. The number of allylic oxidation sites excluding steroid dienone is 14. The molecule has 23 heteroatoms. The summed E-state index contributed by atoms with van der Waals surface area (Å²) in [7, 11) is 1.49. The van der Waals surface area contributed by atoms with Crippen molar-refractivity contribution in [3.05, 3.63) is 386 Å². The zero-order valence-corrected chi connectivity index (χ0v) is 88.4. The van der Waals surface area contributed by atoms with E-state index in [4.69, 9.17) is 14.2 Å². The minimum absolute atomic E-state index is 0.0105. The molecule has 23 nitrogen and oxygen atoms in total. The van der Waals surface area contributed by atoms with Crippen LogP contribution in [0.4, 0.5) is 0 Å². The fourth-order valence-corrected chi connectivity index (χ4v) is 14.3. The first-order valence-corrected chi connectivity index (χ1v) is 48.5. The minimum Gasteiger partial charge on any atom is -0.508 e. The van der Waals surface area contributed by atoms with Gasteiger partial charge in [-0.15, -0.1) is 0 Å². The Morgan fingerprint density at radius 2 is 0.513 bits per heavy atom. The van der Waals surface area contributed by atoms with Crippen LogP contribution >= 0.6 is 0 Å². The lowest BCUT2D eigenvalue weighted by Gasteiger charge is -2.14. The molecular formula is C127H142O23. The van der Waals surface area contributed by atoms with Crippen LogP contribution in [0, 0.1) is 6.92 Å². The molecule has 0 aliphatic rings. The highest BCUT2D eigenvalue weighted by Crippen LogP contribution is 2.41. The first-order chi connectivity index (χ1) is 71.0. The number of aliphatic hydroxyl groups is 1. The predicted molar refractivity (Wildman–Crippen MR) is 608 cm³/mol. The van der Waals surface area contributed by atoms with Gasteiger partial charge in [-0.3, -0.25) is 0 Å². The van der Waals surface area contributed by atoms with Crippen molar-refractivity contribution in [3.8, 4) is 126 Å². The van der Waals surface area contributed by atoms with E-state index in [1.807, 2.05) is 189 Å². The Morgan fingerprint density at radius 3 is 0.893 bits per heavy atom. The van der Waals surface area contributed by atoms with E-state index in [1.54, 1.807) is 146 Å². The summed E-state index contributed by atoms with van der Waals surface area (Å²) < 4.78 is 16.6. The molecular weight excluding hydrogens is 1890 g/mol. The Balaban J connectivity index is 0.000000244. The molecule has 0 aromatic heterocycles. The lowest BCUT2D eigenvalue weighted by atomic mass is 9.95. The van der Waals surface area contributed by atoms with E-state index < -0.39 is 0 Å². The van der Waals surface area contributed by atoms with Gasteiger partial charge in [0.15, 0.2) is 57.5 Å². The highest BCUT2D eigenvalue weighted by atomic mass is 16.5. The van der Waals surface area contributed by atoms with Crippen molar-refractivity contribution >= 4 is 72.9 Å². The molecule has 0 heterocycles. The first-order valence-electron chi connectivity index (χ1n) is 48.5. The summed E-state index contributed by atoms with van der Waals surface area (Å²) in [6, 6.07) is 47.8. The fraction of sp³-hybridized carbons (Fsp3) is 0.213. The summed E-state index contributed by atoms with van der Waals surface area (Å²) in [5.74, 6) is 1.21. The Morgan fingerprint density at radius 1 is 0.220 bits per heavy atom. The molecule has 0 aliphatic carbocycles. The maximum Gasteiger partial charge on any atom is 0.161 e. The van der Waals surface area contributed by atoms with Crippen molar-refractivity contribution in [1.29, 1.82) is 0 Å². The van der Waals surface area contributed by atoms with E-state index in [2.05, 4.69) is 26.0 Å². The number of aryl methyl sites for hydroxylation is 1. The van der Waals surface area contributed by atoms with Crippen molar-refractivity contribution < 1.29 is 116 Å². The first kappa shape index (κ1) is 120. The monoisotopic (exact) mass is 2030 g/mol. The SMILES string of the molecule is CC(C)=CCOc1cc(O)cc(/C=C/c2ccc(O)c(C)c2)c1CC=C(C)C.CC(C)=CCOc1cc(O)cc(/C=C/c2ccc(O)c(O)c2)c1.CC(C)=CCc1c(/C=C/c2ccc(O)c(O)c2)cc(O)cc1CO.CC(C)=CCc1c(O)cc(/C=C/c2ccc(O)c(O)c2)c(CC=C(C)C)c1O.CC(C)=CCc1c(O)cc(O)cc1/C=C/c1ccc(O)c(O)c1.COc1cc(/C=C/c2cc(O)cc(O)c2CC=C(C)C)ccc1O. The van der Waals surface area contributed by atoms with Crippen molar-refractivity contribution in [2.24, 2.45) is 0 Å². The lowest BCUT2D eigenvalue weighted by molar-refractivity contribution is 0.280. The molecule has 12 aromatic rings. The quantitative estimate of drug-likeness (QED) is 0.0106. The average molecular weight is 2040 g/mol. The normalized spacial score (nSPS) is 10.8. The van der Waals surface area contributed by atoms with Crippen LogP contribution in [0.15, 0.2) is 275 Å². The van der Waals surface area contributed by atoms with Crippen molar-refractivity contribution in [2.75, 3.05) is 20.3 Å². The number of phenols is 19. The van der Waals surface area contributed by atoms with Crippen LogP contribution in [0.3, 0.4) is 0 Å². The van der Waals surface area contributed by atoms with E-state index in [1.165, 1.54) is 84.5 Å². The Bertz CT molecular complexity index is 7100. The molecule has 0 unspecified atom stereocenters. The molecule has 0 amide bonds. The molecule has 0 atom stereocenters. The van der Waals surface area contributed by atoms with Gasteiger partial charge in [0.1, 0.15) is 82.2 Å². The number of ether oxygens (including phenoxy) is 3. The highest BCUT2D eigenvalue weighted by Gasteiger charge is 2.19. The highest BCUT2D eigenvalue weighted by molar-refractivity contribution is 5.80. The number of methoxy groups -OCH3 is 1. The minimum atomic E-state index is -0.199. The van der Waals surface area contributed by atoms with Gasteiger partial charge in [-0.1, -0.05) is 190 Å². The summed E-state index contributed by atoms with van der Waals surface area (Å²) in [4.78, 5) is 0. The zero-order valence-electron chi connectivity index (χ0n) is 88.4. The molecule has 0 saturated heterocycles. The third-order valence-electron chi connectivity index (χ3n) is 22.6. The van der Waals surface area contributed by atoms with Gasteiger partial charge < -0.3 is 116 Å². The molecule has 12 aromatic carbocycles. The largest absolute Gasteiger partial charge is 0.508 e. The van der Waals surface area contributed by atoms with Gasteiger partial charge in [-0.25, -0.2) is 0 Å². The number of rotatable bonds is 32. The number of hydrogen-bond donors (Lipinski definition) is 20. The Hall–Kier alpha value is -17.4. The van der Waals surface area contributed by atoms with Gasteiger partial charge in [0, 0.05) is 52.1 Å². The smallest absolute Gasteiger partial charge is 0.161 e. The molecule has 788 valence electrons. The van der Waals surface area contributed by atoms with Crippen LogP contribution in [0.2, 0.25) is 0 Å². The van der Waals surface area contributed by atoms with Gasteiger partial charge >= 0.3 is 0 Å². The van der Waals surface area contributed by atoms with E-state index in [9.17, 15) is 102 Å². The number of hydrogen-bond acceptors (Lipinski definition) is 23. The standard InChI is InChI=1S/C25H30O3.C24H28O4.2C20H22O4.2C19H20O4/c1-17(2)6-10-23-21(9-7-20-8-11-24(27)19(5)14-20)15-22(26)16-25(23)28-13-12-18(3)4;1-15(2)5-10-19-18(9-7-17-8-12-21(25)23(27)13-17)14-22(26)20(24(19)28)11-6-16(3)4;1-13(2)4-8-17-15(11-16(21)12-19(17)23)7-5-14-6-9-18(22)20(10-14)24-3;1-13(2)3-7-18-15(10-17(22)11-16(18)12-21)6-4-14-5-8-19(23)20(24)9-14;1-12(2)3-7-16-14(10-15(20)11-18(16)22)6-4-13-5-8-17(21)19(23)9-13;1-13(2)7-8-23-17-10-15(9-16(20)12-17)4-3-14-5-6-18(21)19(22)11-14/h6-9,11-12,14-16,26-27H,10,13H2,1-5H3;5-9,12-14,25-28H,10-11H2,1-4H3;4-7,9-12,21-23H,8H2,1-3H3;3-6,8-11,21-24H,7,12H2,1-2H3;3-6,8-11,20-23H,7H2,1-2H3;3-7,9-12,20-22H,8H2,1-2H3/b2*9-7+;7-5+;2*6-4+;4-3+. The fourth-order valence-electron chi connectivity index (χ4n) is 14.3. The van der Waals surface area contributed by atoms with E-state index in [-0.39, 0.29) is 116 Å². The summed E-state index contributed by atoms with van der Waals surface area (Å²) in [6.07, 6.45) is 41.5. The Labute approximate surface area is 880 Å². The summed E-state index contributed by atoms with van der Waals surface area (Å²) in [6.45, 7) is 34.7. The number of benzene rings is 12. The number of aromatic hydroxyl groups is 19. The van der Waals surface area contributed by atoms with Gasteiger partial charge in [-0.05, 0) is 373 Å². The third-order valence-corrected chi connectivity index (χ3v) is 22.6.